The zero-order valence-corrected chi connectivity index (χ0v) is 27.0. The average molecular weight is 521 g/mol. The van der Waals surface area contributed by atoms with Crippen molar-refractivity contribution in [1.82, 2.24) is 9.47 Å². The first-order valence-corrected chi connectivity index (χ1v) is 19.8. The fourth-order valence-electron chi connectivity index (χ4n) is 3.06. The maximum atomic E-state index is 12.7. The number of nitrogens with zero attached hydrogens (tertiary/aromatic N) is 2. The molecule has 0 aromatic heterocycles. The van der Waals surface area contributed by atoms with E-state index in [4.69, 9.17) is 0 Å². The van der Waals surface area contributed by atoms with E-state index in [9.17, 15) is 4.46 Å². The molecule has 0 saturated carbocycles. The summed E-state index contributed by atoms with van der Waals surface area (Å²) in [6, 6.07) is 9.18. The second kappa shape index (κ2) is 12.1. The molecular weight excluding hydrogens is 476 g/mol. The number of hydrogen-bond donors (Lipinski definition) is 0. The Kier molecular flexibility index (Phi) is 11.9. The van der Waals surface area contributed by atoms with E-state index in [0.29, 0.717) is 6.04 Å². The van der Waals surface area contributed by atoms with E-state index >= 15 is 0 Å². The second-order valence-electron chi connectivity index (χ2n) is 11.7. The first-order chi connectivity index (χ1) is 13.9. The van der Waals surface area contributed by atoms with Gasteiger partial charge in [0.25, 0.3) is 0 Å². The predicted octanol–water partition coefficient (Wildman–Crippen LogP) is 6.08. The molecule has 0 aliphatic heterocycles. The van der Waals surface area contributed by atoms with E-state index in [1.165, 1.54) is 16.8 Å². The van der Waals surface area contributed by atoms with Crippen molar-refractivity contribution in [3.8, 4) is 11.1 Å². The first kappa shape index (κ1) is 31.3. The van der Waals surface area contributed by atoms with Crippen LogP contribution >= 0.6 is 0 Å². The fourth-order valence-corrected chi connectivity index (χ4v) is 7.79. The average Bonchev–Trinajstić information content (AvgIpc) is 2.97. The summed E-state index contributed by atoms with van der Waals surface area (Å²) in [7, 11) is 2.14. The normalized spacial score (nSPS) is 15.1. The summed E-state index contributed by atoms with van der Waals surface area (Å²) in [5.74, 6) is 0.259. The molecular formula is C25H44N2OSi3Ti. The Balaban J connectivity index is 0.000000747. The van der Waals surface area contributed by atoms with Crippen molar-refractivity contribution in [2.45, 2.75) is 77.6 Å². The minimum atomic E-state index is -1.78. The SMILES string of the molecule is CN(C)C1=CC(C[Si](=O)N(C)C(C)(C)C)c2ccccc21.C[Si](C)(C)C#C[Si](C)(C)C.[Ti]. The molecule has 0 fully saturated rings. The Morgan fingerprint density at radius 3 is 1.81 bits per heavy atom. The Hall–Kier alpha value is -0.715. The molecule has 2 rings (SSSR count). The predicted molar refractivity (Wildman–Crippen MR) is 144 cm³/mol. The van der Waals surface area contributed by atoms with Crippen LogP contribution in [0.4, 0.5) is 0 Å². The Bertz CT molecular complexity index is 848. The van der Waals surface area contributed by atoms with Crippen molar-refractivity contribution in [1.29, 1.82) is 0 Å². The van der Waals surface area contributed by atoms with Crippen LogP contribution in [0, 0.1) is 11.1 Å². The van der Waals surface area contributed by atoms with E-state index in [-0.39, 0.29) is 33.2 Å². The van der Waals surface area contributed by atoms with Crippen LogP contribution in [0.2, 0.25) is 45.3 Å². The number of hydrogen-bond acceptors (Lipinski definition) is 2. The molecule has 1 aromatic rings. The van der Waals surface area contributed by atoms with Crippen LogP contribution in [0.15, 0.2) is 30.3 Å². The van der Waals surface area contributed by atoms with Gasteiger partial charge < -0.3 is 13.9 Å². The summed E-state index contributed by atoms with van der Waals surface area (Å²) in [4.78, 5) is 2.14. The molecule has 1 aliphatic carbocycles. The van der Waals surface area contributed by atoms with Crippen molar-refractivity contribution in [3.63, 3.8) is 0 Å². The van der Waals surface area contributed by atoms with Gasteiger partial charge in [-0.3, -0.25) is 0 Å². The molecule has 0 heterocycles. The largest absolute Gasteiger partial charge is 0.395 e. The first-order valence-electron chi connectivity index (χ1n) is 11.2. The van der Waals surface area contributed by atoms with Gasteiger partial charge in [0.2, 0.25) is 0 Å². The summed E-state index contributed by atoms with van der Waals surface area (Å²) in [5.41, 5.74) is 10.6. The van der Waals surface area contributed by atoms with Crippen molar-refractivity contribution >= 4 is 30.7 Å². The quantitative estimate of drug-likeness (QED) is 0.355. The molecule has 0 bridgehead atoms. The van der Waals surface area contributed by atoms with Crippen LogP contribution < -0.4 is 0 Å². The van der Waals surface area contributed by atoms with Gasteiger partial charge in [-0.2, -0.15) is 0 Å². The Morgan fingerprint density at radius 2 is 1.41 bits per heavy atom. The monoisotopic (exact) mass is 520 g/mol. The molecule has 0 saturated heterocycles. The minimum Gasteiger partial charge on any atom is -0.377 e. The van der Waals surface area contributed by atoms with Crippen molar-refractivity contribution in [2.24, 2.45) is 0 Å². The van der Waals surface area contributed by atoms with Crippen molar-refractivity contribution in [2.75, 3.05) is 21.1 Å². The zero-order chi connectivity index (χ0) is 24.2. The zero-order valence-electron chi connectivity index (χ0n) is 22.5. The molecule has 176 valence electrons. The molecule has 7 heteroatoms. The van der Waals surface area contributed by atoms with Gasteiger partial charge >= 0.3 is 8.84 Å². The molecule has 3 nitrogen and oxygen atoms in total. The number of benzene rings is 1. The van der Waals surface area contributed by atoms with Gasteiger partial charge in [0, 0.05) is 71.6 Å². The number of rotatable bonds is 4. The fraction of sp³-hybridized carbons (Fsp3) is 0.600. The summed E-state index contributed by atoms with van der Waals surface area (Å²) in [6.45, 7) is 20.1. The summed E-state index contributed by atoms with van der Waals surface area (Å²) < 4.78 is 14.7. The molecule has 1 aromatic carbocycles. The molecule has 0 amide bonds. The molecule has 1 atom stereocenters. The minimum absolute atomic E-state index is 0. The summed E-state index contributed by atoms with van der Waals surface area (Å²) in [5, 5.41) is 0. The Morgan fingerprint density at radius 1 is 0.938 bits per heavy atom. The topological polar surface area (TPSA) is 23.6 Å². The molecule has 32 heavy (non-hydrogen) atoms. The third kappa shape index (κ3) is 10.5. The van der Waals surface area contributed by atoms with Gasteiger partial charge in [-0.25, -0.2) is 0 Å². The van der Waals surface area contributed by atoms with E-state index in [1.807, 2.05) is 11.6 Å². The number of allylic oxidation sites excluding steroid dienone is 1. The van der Waals surface area contributed by atoms with Gasteiger partial charge in [-0.15, -0.1) is 11.1 Å². The maximum Gasteiger partial charge on any atom is 0.395 e. The summed E-state index contributed by atoms with van der Waals surface area (Å²) >= 11 is 0. The van der Waals surface area contributed by atoms with Gasteiger partial charge in [0.1, 0.15) is 16.1 Å². The molecule has 0 radical (unpaired) electrons. The van der Waals surface area contributed by atoms with Crippen molar-refractivity contribution < 1.29 is 26.2 Å². The van der Waals surface area contributed by atoms with Crippen LogP contribution in [-0.4, -0.2) is 61.1 Å². The van der Waals surface area contributed by atoms with Crippen LogP contribution in [0.3, 0.4) is 0 Å². The maximum absolute atomic E-state index is 12.7. The van der Waals surface area contributed by atoms with Gasteiger partial charge in [0.05, 0.1) is 0 Å². The van der Waals surface area contributed by atoms with Gasteiger partial charge in [0.15, 0.2) is 0 Å². The molecule has 0 N–H and O–H groups in total. The van der Waals surface area contributed by atoms with E-state index < -0.39 is 25.0 Å². The van der Waals surface area contributed by atoms with E-state index in [0.717, 1.165) is 0 Å². The van der Waals surface area contributed by atoms with Gasteiger partial charge in [-0.05, 0) is 26.3 Å². The van der Waals surface area contributed by atoms with Crippen LogP contribution in [0.5, 0.6) is 0 Å². The molecule has 1 aliphatic rings. The Labute approximate surface area is 216 Å². The summed E-state index contributed by atoms with van der Waals surface area (Å²) in [6.07, 6.45) is 2.27. The third-order valence-electron chi connectivity index (χ3n) is 5.06. The molecule has 1 unspecified atom stereocenters. The smallest absolute Gasteiger partial charge is 0.377 e. The van der Waals surface area contributed by atoms with E-state index in [2.05, 4.69) is 120 Å². The second-order valence-corrected chi connectivity index (χ2v) is 23.1. The van der Waals surface area contributed by atoms with Crippen LogP contribution in [0.1, 0.15) is 37.8 Å². The molecule has 0 spiro atoms. The van der Waals surface area contributed by atoms with Crippen molar-refractivity contribution in [3.05, 3.63) is 41.5 Å². The number of fused-ring (bicyclic) bond motifs is 1. The van der Waals surface area contributed by atoms with Crippen LogP contribution in [0.25, 0.3) is 5.70 Å². The van der Waals surface area contributed by atoms with Gasteiger partial charge in [-0.1, -0.05) is 69.6 Å². The van der Waals surface area contributed by atoms with E-state index in [1.54, 1.807) is 0 Å². The van der Waals surface area contributed by atoms with Crippen LogP contribution in [-0.2, 0) is 26.2 Å². The standard InChI is InChI=1S/C17H26N2OSi.C8H18Si2.Ti/c1-17(2,3)19(6)21(20)12-13-11-16(18(4)5)15-10-8-7-9-14(13)15;1-9(2,3)7-8-10(4,5)6;/h7-11,13H,12H2,1-6H3;1-6H3;. The third-order valence-corrected chi connectivity index (χ3v) is 9.27.